The maximum Gasteiger partial charge on any atom is 0.412 e. The first-order valence-electron chi connectivity index (χ1n) is 9.11. The standard InChI is InChI=1S/C17H24FN3O6/c1-9-12(22)13(23)15(27-9)21-7-11(18)14(19-16(21)24)20-17(25)26-8-10-5-3-2-4-6-10/h7,9-10,12-13,15,22-23H,2-6,8H2,1H3,(H,19,20,24,25)/t9-,12-,13-,15-/m1/s1. The molecule has 27 heavy (non-hydrogen) atoms. The van der Waals surface area contributed by atoms with Crippen LogP contribution in [0.5, 0.6) is 0 Å². The number of ether oxygens (including phenoxy) is 2. The van der Waals surface area contributed by atoms with E-state index in [0.29, 0.717) is 5.92 Å². The number of nitrogens with zero attached hydrogens (tertiary/aromatic N) is 2. The zero-order valence-corrected chi connectivity index (χ0v) is 15.0. The van der Waals surface area contributed by atoms with E-state index in [-0.39, 0.29) is 6.61 Å². The summed E-state index contributed by atoms with van der Waals surface area (Å²) in [6.45, 7) is 1.75. The first-order chi connectivity index (χ1) is 12.9. The number of carbonyl (C=O) groups is 1. The largest absolute Gasteiger partial charge is 0.449 e. The minimum absolute atomic E-state index is 0.238. The monoisotopic (exact) mass is 385 g/mol. The number of rotatable bonds is 4. The van der Waals surface area contributed by atoms with E-state index in [0.717, 1.165) is 36.4 Å². The van der Waals surface area contributed by atoms with Crippen molar-refractivity contribution < 1.29 is 28.9 Å². The minimum Gasteiger partial charge on any atom is -0.449 e. The maximum atomic E-state index is 14.3. The van der Waals surface area contributed by atoms with Crippen LogP contribution in [0.25, 0.3) is 0 Å². The van der Waals surface area contributed by atoms with Crippen LogP contribution in [-0.2, 0) is 9.47 Å². The van der Waals surface area contributed by atoms with Gasteiger partial charge in [-0.25, -0.2) is 14.0 Å². The summed E-state index contributed by atoms with van der Waals surface area (Å²) in [5, 5.41) is 21.8. The Labute approximate surface area is 155 Å². The van der Waals surface area contributed by atoms with Gasteiger partial charge >= 0.3 is 11.8 Å². The third-order valence-electron chi connectivity index (χ3n) is 5.05. The lowest BCUT2D eigenvalue weighted by Crippen LogP contribution is -2.36. The van der Waals surface area contributed by atoms with Crippen LogP contribution in [0.15, 0.2) is 11.0 Å². The fraction of sp³-hybridized carbons (Fsp3) is 0.706. The number of carbonyl (C=O) groups excluding carboxylic acids is 1. The maximum absolute atomic E-state index is 14.3. The molecule has 0 spiro atoms. The van der Waals surface area contributed by atoms with E-state index in [2.05, 4.69) is 10.3 Å². The van der Waals surface area contributed by atoms with E-state index >= 15 is 0 Å². The number of nitrogens with one attached hydrogen (secondary N) is 1. The van der Waals surface area contributed by atoms with Crippen LogP contribution in [-0.4, -0.2) is 50.8 Å². The topological polar surface area (TPSA) is 123 Å². The Morgan fingerprint density at radius 1 is 1.37 bits per heavy atom. The number of aliphatic hydroxyl groups is 2. The lowest BCUT2D eigenvalue weighted by atomic mass is 9.90. The Kier molecular flexibility index (Phi) is 6.08. The molecule has 9 nitrogen and oxygen atoms in total. The van der Waals surface area contributed by atoms with Gasteiger partial charge in [-0.1, -0.05) is 19.3 Å². The molecule has 1 saturated carbocycles. The van der Waals surface area contributed by atoms with E-state index in [1.807, 2.05) is 0 Å². The summed E-state index contributed by atoms with van der Waals surface area (Å²) in [5.41, 5.74) is -0.940. The summed E-state index contributed by atoms with van der Waals surface area (Å²) in [6, 6.07) is 0. The van der Waals surface area contributed by atoms with Gasteiger partial charge in [0.25, 0.3) is 0 Å². The van der Waals surface area contributed by atoms with Gasteiger partial charge in [0.15, 0.2) is 17.9 Å². The average molecular weight is 385 g/mol. The Balaban J connectivity index is 1.64. The lowest BCUT2D eigenvalue weighted by molar-refractivity contribution is -0.0355. The van der Waals surface area contributed by atoms with Gasteiger partial charge in [-0.05, 0) is 25.7 Å². The van der Waals surface area contributed by atoms with E-state index < -0.39 is 48.0 Å². The number of aliphatic hydroxyl groups excluding tert-OH is 2. The van der Waals surface area contributed by atoms with Gasteiger partial charge < -0.3 is 19.7 Å². The summed E-state index contributed by atoms with van der Waals surface area (Å²) in [6.07, 6.45) is 0.645. The highest BCUT2D eigenvalue weighted by Crippen LogP contribution is 2.28. The van der Waals surface area contributed by atoms with Gasteiger partial charge in [0.1, 0.15) is 12.2 Å². The molecule has 2 aliphatic rings. The molecule has 150 valence electrons. The van der Waals surface area contributed by atoms with Crippen molar-refractivity contribution >= 4 is 11.9 Å². The molecule has 1 aromatic rings. The fourth-order valence-corrected chi connectivity index (χ4v) is 3.45. The number of halogens is 1. The average Bonchev–Trinajstić information content (AvgIpc) is 2.91. The molecule has 0 unspecified atom stereocenters. The van der Waals surface area contributed by atoms with E-state index in [1.54, 1.807) is 0 Å². The van der Waals surface area contributed by atoms with E-state index in [4.69, 9.17) is 9.47 Å². The predicted octanol–water partition coefficient (Wildman–Crippen LogP) is 1.15. The molecule has 1 aromatic heterocycles. The molecule has 0 bridgehead atoms. The molecule has 2 heterocycles. The molecule has 2 fully saturated rings. The predicted molar refractivity (Wildman–Crippen MR) is 91.6 cm³/mol. The number of amides is 1. The van der Waals surface area contributed by atoms with Crippen molar-refractivity contribution in [2.24, 2.45) is 5.92 Å². The van der Waals surface area contributed by atoms with Gasteiger partial charge in [-0.15, -0.1) is 0 Å². The first kappa shape index (κ1) is 19.7. The van der Waals surface area contributed by atoms with Crippen molar-refractivity contribution in [2.75, 3.05) is 11.9 Å². The highest BCUT2D eigenvalue weighted by Gasteiger charge is 2.42. The van der Waals surface area contributed by atoms with Crippen molar-refractivity contribution in [2.45, 2.75) is 63.6 Å². The van der Waals surface area contributed by atoms with Crippen LogP contribution in [0, 0.1) is 11.7 Å². The zero-order chi connectivity index (χ0) is 19.6. The SMILES string of the molecule is C[C@H]1O[C@@H](n2cc(F)c(NC(=O)OCC3CCCCC3)nc2=O)[C@H](O)[C@@H]1O. The second-order valence-corrected chi connectivity index (χ2v) is 7.07. The first-order valence-corrected chi connectivity index (χ1v) is 9.11. The van der Waals surface area contributed by atoms with Crippen LogP contribution in [0.4, 0.5) is 15.0 Å². The van der Waals surface area contributed by atoms with Gasteiger partial charge in [-0.2, -0.15) is 4.98 Å². The molecule has 1 aliphatic heterocycles. The van der Waals surface area contributed by atoms with Crippen LogP contribution in [0.2, 0.25) is 0 Å². The van der Waals surface area contributed by atoms with E-state index in [1.165, 1.54) is 13.3 Å². The molecular weight excluding hydrogens is 361 g/mol. The van der Waals surface area contributed by atoms with Crippen molar-refractivity contribution in [3.63, 3.8) is 0 Å². The quantitative estimate of drug-likeness (QED) is 0.710. The van der Waals surface area contributed by atoms with Gasteiger partial charge in [0.05, 0.1) is 18.9 Å². The second kappa shape index (κ2) is 8.32. The normalized spacial score (nSPS) is 28.9. The molecule has 3 rings (SSSR count). The summed E-state index contributed by atoms with van der Waals surface area (Å²) >= 11 is 0. The Hall–Kier alpha value is -2.04. The molecule has 1 aliphatic carbocycles. The molecule has 10 heteroatoms. The number of anilines is 1. The molecular formula is C17H24FN3O6. The summed E-state index contributed by atoms with van der Waals surface area (Å²) in [5.74, 6) is -1.26. The second-order valence-electron chi connectivity index (χ2n) is 7.07. The Morgan fingerprint density at radius 3 is 2.70 bits per heavy atom. The highest BCUT2D eigenvalue weighted by molar-refractivity contribution is 5.83. The van der Waals surface area contributed by atoms with Crippen molar-refractivity contribution in [3.05, 3.63) is 22.5 Å². The van der Waals surface area contributed by atoms with Crippen molar-refractivity contribution in [3.8, 4) is 0 Å². The summed E-state index contributed by atoms with van der Waals surface area (Å²) in [4.78, 5) is 27.5. The fourth-order valence-electron chi connectivity index (χ4n) is 3.45. The van der Waals surface area contributed by atoms with Crippen LogP contribution in [0.3, 0.4) is 0 Å². The summed E-state index contributed by atoms with van der Waals surface area (Å²) < 4.78 is 25.4. The lowest BCUT2D eigenvalue weighted by Gasteiger charge is -2.21. The van der Waals surface area contributed by atoms with Gasteiger partial charge in [0.2, 0.25) is 0 Å². The van der Waals surface area contributed by atoms with E-state index in [9.17, 15) is 24.2 Å². The Bertz CT molecular complexity index is 736. The molecule has 3 N–H and O–H groups in total. The third-order valence-corrected chi connectivity index (χ3v) is 5.05. The van der Waals surface area contributed by atoms with Gasteiger partial charge in [0, 0.05) is 0 Å². The number of aromatic nitrogens is 2. The molecule has 4 atom stereocenters. The molecule has 1 saturated heterocycles. The van der Waals surface area contributed by atoms with Crippen LogP contribution >= 0.6 is 0 Å². The van der Waals surface area contributed by atoms with Crippen LogP contribution < -0.4 is 11.0 Å². The highest BCUT2D eigenvalue weighted by atomic mass is 19.1. The number of hydrogen-bond donors (Lipinski definition) is 3. The molecule has 0 radical (unpaired) electrons. The molecule has 0 aromatic carbocycles. The van der Waals surface area contributed by atoms with Crippen molar-refractivity contribution in [1.29, 1.82) is 0 Å². The zero-order valence-electron chi connectivity index (χ0n) is 15.0. The smallest absolute Gasteiger partial charge is 0.412 e. The van der Waals surface area contributed by atoms with Crippen molar-refractivity contribution in [1.82, 2.24) is 9.55 Å². The Morgan fingerprint density at radius 2 is 2.07 bits per heavy atom. The number of hydrogen-bond acceptors (Lipinski definition) is 7. The third kappa shape index (κ3) is 4.45. The van der Waals surface area contributed by atoms with Crippen LogP contribution in [0.1, 0.15) is 45.3 Å². The minimum atomic E-state index is -1.40. The summed E-state index contributed by atoms with van der Waals surface area (Å²) in [7, 11) is 0. The molecule has 1 amide bonds. The van der Waals surface area contributed by atoms with Gasteiger partial charge in [-0.3, -0.25) is 9.88 Å².